The number of hydrogen-bond acceptors (Lipinski definition) is 3. The largest absolute Gasteiger partial charge is 0.633 e. The van der Waals surface area contributed by atoms with Gasteiger partial charge in [0.2, 0.25) is 0 Å². The quantitative estimate of drug-likeness (QED) is 0.210. The van der Waals surface area contributed by atoms with Crippen molar-refractivity contribution in [3.05, 3.63) is 5.21 Å². The number of likely N-dealkylation sites (N-methyl/N-ethyl adjacent to an activating group) is 1. The summed E-state index contributed by atoms with van der Waals surface area (Å²) < 4.78 is 172. The van der Waals surface area contributed by atoms with Gasteiger partial charge in [0.05, 0.1) is 20.5 Å². The lowest BCUT2D eigenvalue weighted by Gasteiger charge is -2.41. The highest BCUT2D eigenvalue weighted by Gasteiger charge is 2.90. The molecule has 0 aromatic carbocycles. The summed E-state index contributed by atoms with van der Waals surface area (Å²) in [5.74, 6) is -39.2. The number of carbonyl (C=O) groups excluding carboxylic acids is 1. The van der Waals surface area contributed by atoms with E-state index in [0.29, 0.717) is 21.0 Å². The fourth-order valence-corrected chi connectivity index (χ4v) is 2.08. The summed E-state index contributed by atoms with van der Waals surface area (Å²) in [6, 6.07) is 0. The van der Waals surface area contributed by atoms with Crippen molar-refractivity contribution in [2.45, 2.75) is 55.2 Å². The Morgan fingerprint density at radius 1 is 0.800 bits per heavy atom. The second-order valence-corrected chi connectivity index (χ2v) is 6.69. The molecule has 0 aliphatic heterocycles. The standard InChI is InChI=1S/C13H14F13NO3/c1-6(28)30-7(5-27(2,3)29)4-8(14,15)9(16,17)10(18,19)11(20,21)12(22,23)13(24,25)26/h7H,4-5H2,1-3H3. The maximum atomic E-state index is 13.8. The van der Waals surface area contributed by atoms with Gasteiger partial charge in [-0.1, -0.05) is 0 Å². The second-order valence-electron chi connectivity index (χ2n) is 6.69. The molecule has 0 saturated heterocycles. The third-order valence-corrected chi connectivity index (χ3v) is 3.46. The van der Waals surface area contributed by atoms with Gasteiger partial charge in [-0.3, -0.25) is 4.79 Å². The molecule has 4 nitrogen and oxygen atoms in total. The van der Waals surface area contributed by atoms with Gasteiger partial charge < -0.3 is 14.6 Å². The normalized spacial score (nSPS) is 16.4. The number of alkyl halides is 13. The molecule has 0 aliphatic rings. The molecule has 0 aliphatic carbocycles. The van der Waals surface area contributed by atoms with E-state index in [4.69, 9.17) is 0 Å². The molecule has 0 fully saturated rings. The van der Waals surface area contributed by atoms with E-state index in [0.717, 1.165) is 0 Å². The van der Waals surface area contributed by atoms with E-state index in [1.807, 2.05) is 0 Å². The summed E-state index contributed by atoms with van der Waals surface area (Å²) in [5.41, 5.74) is 0. The summed E-state index contributed by atoms with van der Waals surface area (Å²) >= 11 is 0. The van der Waals surface area contributed by atoms with Gasteiger partial charge in [0, 0.05) is 6.92 Å². The molecule has 0 rings (SSSR count). The number of rotatable bonds is 9. The number of hydroxylamine groups is 3. The summed E-state index contributed by atoms with van der Waals surface area (Å²) in [6.45, 7) is -0.813. The summed E-state index contributed by atoms with van der Waals surface area (Å²) in [7, 11) is 1.36. The van der Waals surface area contributed by atoms with Gasteiger partial charge in [0.1, 0.15) is 6.54 Å². The van der Waals surface area contributed by atoms with E-state index in [1.165, 1.54) is 0 Å². The van der Waals surface area contributed by atoms with Gasteiger partial charge in [-0.2, -0.15) is 57.1 Å². The molecule has 30 heavy (non-hydrogen) atoms. The molecule has 0 aromatic heterocycles. The van der Waals surface area contributed by atoms with Crippen molar-refractivity contribution in [2.75, 3.05) is 20.6 Å². The zero-order chi connectivity index (χ0) is 24.8. The van der Waals surface area contributed by atoms with Crippen molar-refractivity contribution in [3.8, 4) is 0 Å². The number of quaternary nitrogens is 1. The van der Waals surface area contributed by atoms with Crippen LogP contribution in [0.1, 0.15) is 13.3 Å². The molecule has 0 amide bonds. The molecule has 0 radical (unpaired) electrons. The lowest BCUT2D eigenvalue weighted by atomic mass is 9.91. The number of nitrogens with zero attached hydrogens (tertiary/aromatic N) is 1. The van der Waals surface area contributed by atoms with Crippen LogP contribution in [0.4, 0.5) is 57.1 Å². The number of esters is 1. The summed E-state index contributed by atoms with van der Waals surface area (Å²) in [5, 5.41) is 11.5. The Balaban J connectivity index is 6.24. The van der Waals surface area contributed by atoms with Gasteiger partial charge >= 0.3 is 41.8 Å². The van der Waals surface area contributed by atoms with Crippen molar-refractivity contribution in [3.63, 3.8) is 0 Å². The van der Waals surface area contributed by atoms with E-state index in [1.54, 1.807) is 0 Å². The van der Waals surface area contributed by atoms with Crippen LogP contribution in [0.3, 0.4) is 0 Å². The predicted octanol–water partition coefficient (Wildman–Crippen LogP) is 4.62. The first kappa shape index (κ1) is 28.5. The van der Waals surface area contributed by atoms with Crippen molar-refractivity contribution >= 4 is 5.97 Å². The molecule has 0 aromatic rings. The van der Waals surface area contributed by atoms with Gasteiger partial charge in [-0.15, -0.1) is 0 Å². The maximum Gasteiger partial charge on any atom is 0.460 e. The number of hydrogen-bond donors (Lipinski definition) is 0. The Morgan fingerprint density at radius 2 is 1.17 bits per heavy atom. The Hall–Kier alpha value is -1.52. The summed E-state index contributed by atoms with van der Waals surface area (Å²) in [4.78, 5) is 10.8. The van der Waals surface area contributed by atoms with E-state index in [-0.39, 0.29) is 0 Å². The Labute approximate surface area is 159 Å². The first-order valence-corrected chi connectivity index (χ1v) is 7.41. The minimum atomic E-state index is -8.02. The van der Waals surface area contributed by atoms with Crippen LogP contribution in [0.15, 0.2) is 0 Å². The molecule has 1 unspecified atom stereocenters. The van der Waals surface area contributed by atoms with E-state index < -0.39 is 65.5 Å². The number of carbonyl (C=O) groups is 1. The van der Waals surface area contributed by atoms with Crippen LogP contribution >= 0.6 is 0 Å². The number of halogens is 13. The molecule has 1 atom stereocenters. The van der Waals surface area contributed by atoms with Crippen LogP contribution in [0, 0.1) is 5.21 Å². The van der Waals surface area contributed by atoms with Crippen molar-refractivity contribution in [2.24, 2.45) is 0 Å². The average molecular weight is 479 g/mol. The average Bonchev–Trinajstić information content (AvgIpc) is 2.41. The molecule has 0 heterocycles. The van der Waals surface area contributed by atoms with Gasteiger partial charge in [-0.25, -0.2) is 0 Å². The summed E-state index contributed by atoms with van der Waals surface area (Å²) in [6.07, 6.45) is -12.9. The van der Waals surface area contributed by atoms with Crippen LogP contribution in [0.5, 0.6) is 0 Å². The molecular formula is C13H14F13NO3. The highest BCUT2D eigenvalue weighted by atomic mass is 19.4. The Morgan fingerprint density at radius 3 is 1.47 bits per heavy atom. The molecule has 180 valence electrons. The predicted molar refractivity (Wildman–Crippen MR) is 71.3 cm³/mol. The highest BCUT2D eigenvalue weighted by molar-refractivity contribution is 5.66. The van der Waals surface area contributed by atoms with E-state index in [9.17, 15) is 67.1 Å². The molecule has 0 bridgehead atoms. The van der Waals surface area contributed by atoms with Crippen LogP contribution in [-0.2, 0) is 9.53 Å². The van der Waals surface area contributed by atoms with Gasteiger partial charge in [0.25, 0.3) is 0 Å². The van der Waals surface area contributed by atoms with Crippen molar-refractivity contribution < 1.29 is 71.3 Å². The third-order valence-electron chi connectivity index (χ3n) is 3.46. The molecule has 0 spiro atoms. The molecule has 0 N–H and O–H groups in total. The first-order chi connectivity index (χ1) is 12.7. The van der Waals surface area contributed by atoms with Crippen LogP contribution in [0.25, 0.3) is 0 Å². The topological polar surface area (TPSA) is 49.4 Å². The Bertz CT molecular complexity index is 625. The van der Waals surface area contributed by atoms with E-state index in [2.05, 4.69) is 4.74 Å². The zero-order valence-corrected chi connectivity index (χ0v) is 15.1. The zero-order valence-electron chi connectivity index (χ0n) is 15.1. The highest BCUT2D eigenvalue weighted by Crippen LogP contribution is 2.60. The van der Waals surface area contributed by atoms with Crippen molar-refractivity contribution in [1.82, 2.24) is 0 Å². The van der Waals surface area contributed by atoms with E-state index >= 15 is 0 Å². The molecule has 0 saturated carbocycles. The SMILES string of the molecule is CC(=O)OC(CC(F)(F)C(F)(F)C(F)(F)C(F)(F)C(F)(F)C(F)(F)F)C[N+](C)(C)[O-]. The molecule has 17 heteroatoms. The third kappa shape index (κ3) is 5.20. The Kier molecular flexibility index (Phi) is 7.47. The maximum absolute atomic E-state index is 13.8. The van der Waals surface area contributed by atoms with Gasteiger partial charge in [0.15, 0.2) is 6.10 Å². The fraction of sp³-hybridized carbons (Fsp3) is 0.923. The van der Waals surface area contributed by atoms with Crippen molar-refractivity contribution in [1.29, 1.82) is 0 Å². The fourth-order valence-electron chi connectivity index (χ4n) is 2.08. The monoisotopic (exact) mass is 479 g/mol. The van der Waals surface area contributed by atoms with Crippen LogP contribution < -0.4 is 0 Å². The van der Waals surface area contributed by atoms with Crippen LogP contribution in [0.2, 0.25) is 0 Å². The molecular weight excluding hydrogens is 465 g/mol. The minimum absolute atomic E-state index is 0.501. The first-order valence-electron chi connectivity index (χ1n) is 7.41. The smallest absolute Gasteiger partial charge is 0.460 e. The second kappa shape index (κ2) is 7.87. The van der Waals surface area contributed by atoms with Gasteiger partial charge in [-0.05, 0) is 0 Å². The minimum Gasteiger partial charge on any atom is -0.633 e. The van der Waals surface area contributed by atoms with Crippen LogP contribution in [-0.4, -0.2) is 73.1 Å². The number of ether oxygens (including phenoxy) is 1. The lowest BCUT2D eigenvalue weighted by Crippen LogP contribution is -2.70. The lowest BCUT2D eigenvalue weighted by molar-refractivity contribution is -0.843.